The molecule has 1 saturated heterocycles. The van der Waals surface area contributed by atoms with Gasteiger partial charge in [-0.05, 0) is 25.5 Å². The second-order valence-corrected chi connectivity index (χ2v) is 7.51. The Morgan fingerprint density at radius 3 is 2.47 bits per heavy atom. The predicted molar refractivity (Wildman–Crippen MR) is 107 cm³/mol. The number of carbonyl (C=O) groups excluding carboxylic acids is 1. The second kappa shape index (κ2) is 9.80. The average Bonchev–Trinajstić information content (AvgIpc) is 3.01. The van der Waals surface area contributed by atoms with Gasteiger partial charge < -0.3 is 9.64 Å². The highest BCUT2D eigenvalue weighted by molar-refractivity contribution is 6.33. The van der Waals surface area contributed by atoms with E-state index < -0.39 is 12.8 Å². The molecule has 1 amide bonds. The molecule has 1 fully saturated rings. The van der Waals surface area contributed by atoms with E-state index in [1.54, 1.807) is 16.5 Å². The van der Waals surface area contributed by atoms with Gasteiger partial charge in [0.2, 0.25) is 0 Å². The summed E-state index contributed by atoms with van der Waals surface area (Å²) in [6.45, 7) is 3.57. The summed E-state index contributed by atoms with van der Waals surface area (Å²) in [4.78, 5) is 16.9. The van der Waals surface area contributed by atoms with Crippen molar-refractivity contribution in [3.63, 3.8) is 0 Å². The minimum Gasteiger partial charge on any atom is -0.372 e. The largest absolute Gasteiger partial charge is 0.411 e. The number of piperazine rings is 1. The fraction of sp³-hybridized carbons (Fsp3) is 0.500. The van der Waals surface area contributed by atoms with Gasteiger partial charge in [-0.2, -0.15) is 18.3 Å². The van der Waals surface area contributed by atoms with Crippen LogP contribution in [0.4, 0.5) is 13.2 Å². The first-order chi connectivity index (χ1) is 14.3. The second-order valence-electron chi connectivity index (χ2n) is 7.15. The number of aryl methyl sites for hydroxylation is 1. The lowest BCUT2D eigenvalue weighted by molar-refractivity contribution is -0.174. The Kier molecular flexibility index (Phi) is 7.38. The zero-order valence-electron chi connectivity index (χ0n) is 16.7. The number of alkyl halides is 3. The molecule has 10 heteroatoms. The molecule has 0 unspecified atom stereocenters. The van der Waals surface area contributed by atoms with Gasteiger partial charge in [0.05, 0.1) is 16.9 Å². The molecule has 30 heavy (non-hydrogen) atoms. The molecule has 1 aliphatic rings. The number of ether oxygens (including phenoxy) is 1. The highest BCUT2D eigenvalue weighted by atomic mass is 35.5. The van der Waals surface area contributed by atoms with E-state index in [0.717, 1.165) is 5.69 Å². The molecule has 0 saturated carbocycles. The van der Waals surface area contributed by atoms with Crippen LogP contribution < -0.4 is 0 Å². The number of benzene rings is 1. The molecule has 0 bridgehead atoms. The van der Waals surface area contributed by atoms with Crippen molar-refractivity contribution < 1.29 is 22.7 Å². The van der Waals surface area contributed by atoms with E-state index in [1.165, 1.54) is 0 Å². The van der Waals surface area contributed by atoms with Gasteiger partial charge in [-0.15, -0.1) is 0 Å². The van der Waals surface area contributed by atoms with Crippen LogP contribution in [0.1, 0.15) is 22.5 Å². The molecule has 2 aromatic rings. The van der Waals surface area contributed by atoms with E-state index in [-0.39, 0.29) is 17.7 Å². The lowest BCUT2D eigenvalue weighted by atomic mass is 10.2. The summed E-state index contributed by atoms with van der Waals surface area (Å²) < 4.78 is 42.4. The molecule has 0 atom stereocenters. The first-order valence-electron chi connectivity index (χ1n) is 9.73. The van der Waals surface area contributed by atoms with Crippen molar-refractivity contribution >= 4 is 17.5 Å². The zero-order valence-corrected chi connectivity index (χ0v) is 17.4. The van der Waals surface area contributed by atoms with Crippen LogP contribution in [0.3, 0.4) is 0 Å². The first-order valence-corrected chi connectivity index (χ1v) is 10.1. The van der Waals surface area contributed by atoms with Gasteiger partial charge in [-0.1, -0.05) is 29.8 Å². The van der Waals surface area contributed by atoms with E-state index in [1.807, 2.05) is 30.3 Å². The number of nitrogens with zero attached hydrogens (tertiary/aromatic N) is 4. The predicted octanol–water partition coefficient (Wildman–Crippen LogP) is 3.56. The van der Waals surface area contributed by atoms with Gasteiger partial charge in [0.15, 0.2) is 0 Å². The molecule has 1 aromatic heterocycles. The van der Waals surface area contributed by atoms with Crippen LogP contribution in [0, 0.1) is 6.92 Å². The Morgan fingerprint density at radius 2 is 1.83 bits per heavy atom. The number of hydrogen-bond donors (Lipinski definition) is 0. The molecule has 1 aromatic carbocycles. The van der Waals surface area contributed by atoms with Crippen molar-refractivity contribution in [1.29, 1.82) is 0 Å². The summed E-state index contributed by atoms with van der Waals surface area (Å²) in [5.41, 5.74) is 1.75. The topological polar surface area (TPSA) is 50.6 Å². The van der Waals surface area contributed by atoms with Crippen molar-refractivity contribution in [1.82, 2.24) is 19.6 Å². The van der Waals surface area contributed by atoms with Crippen LogP contribution in [-0.4, -0.2) is 77.6 Å². The maximum Gasteiger partial charge on any atom is 0.411 e. The Morgan fingerprint density at radius 1 is 1.17 bits per heavy atom. The smallest absolute Gasteiger partial charge is 0.372 e. The average molecular weight is 445 g/mol. The van der Waals surface area contributed by atoms with Crippen LogP contribution >= 0.6 is 11.6 Å². The molecule has 0 spiro atoms. The molecular weight excluding hydrogens is 421 g/mol. The zero-order chi connectivity index (χ0) is 21.7. The van der Waals surface area contributed by atoms with Gasteiger partial charge >= 0.3 is 6.18 Å². The molecule has 6 nitrogen and oxygen atoms in total. The Hall–Kier alpha value is -2.10. The summed E-state index contributed by atoms with van der Waals surface area (Å²) in [6.07, 6.45) is -3.78. The third-order valence-corrected chi connectivity index (χ3v) is 5.26. The normalized spacial score (nSPS) is 15.6. The standard InChI is InChI=1S/C20H24ClF3N4O2/c1-15-17(18(21)28(25-15)16-6-3-2-4-7-16)19(29)27-11-9-26(10-12-27)8-5-13-30-14-20(22,23)24/h2-4,6-7H,5,8-14H2,1H3. The maximum atomic E-state index is 13.0. The third-order valence-electron chi connectivity index (χ3n) is 4.91. The number of rotatable bonds is 7. The Balaban J connectivity index is 1.52. The van der Waals surface area contributed by atoms with Gasteiger partial charge in [0.1, 0.15) is 11.8 Å². The fourth-order valence-electron chi connectivity index (χ4n) is 3.39. The van der Waals surface area contributed by atoms with E-state index in [9.17, 15) is 18.0 Å². The summed E-state index contributed by atoms with van der Waals surface area (Å²) in [6, 6.07) is 9.37. The van der Waals surface area contributed by atoms with E-state index in [2.05, 4.69) is 14.7 Å². The van der Waals surface area contributed by atoms with Crippen molar-refractivity contribution in [3.05, 3.63) is 46.7 Å². The molecule has 2 heterocycles. The maximum absolute atomic E-state index is 13.0. The molecule has 164 valence electrons. The number of para-hydroxylation sites is 1. The quantitative estimate of drug-likeness (QED) is 0.613. The highest BCUT2D eigenvalue weighted by Gasteiger charge is 2.29. The first kappa shape index (κ1) is 22.6. The molecule has 0 N–H and O–H groups in total. The summed E-state index contributed by atoms with van der Waals surface area (Å²) >= 11 is 6.49. The monoisotopic (exact) mass is 444 g/mol. The molecule has 1 aliphatic heterocycles. The van der Waals surface area contributed by atoms with Crippen molar-refractivity contribution in [2.24, 2.45) is 0 Å². The van der Waals surface area contributed by atoms with Gasteiger partial charge in [-0.3, -0.25) is 9.69 Å². The van der Waals surface area contributed by atoms with E-state index in [4.69, 9.17) is 11.6 Å². The lowest BCUT2D eigenvalue weighted by Crippen LogP contribution is -2.49. The molecular formula is C20H24ClF3N4O2. The number of amides is 1. The fourth-order valence-corrected chi connectivity index (χ4v) is 3.75. The molecule has 3 rings (SSSR count). The number of carbonyl (C=O) groups is 1. The Labute approximate surface area is 178 Å². The van der Waals surface area contributed by atoms with Crippen molar-refractivity contribution in [2.75, 3.05) is 45.9 Å². The van der Waals surface area contributed by atoms with Crippen LogP contribution in [0.2, 0.25) is 5.15 Å². The number of halogens is 4. The minimum absolute atomic E-state index is 0.0616. The van der Waals surface area contributed by atoms with Crippen molar-refractivity contribution in [2.45, 2.75) is 19.5 Å². The van der Waals surface area contributed by atoms with Crippen LogP contribution in [-0.2, 0) is 4.74 Å². The van der Waals surface area contributed by atoms with E-state index >= 15 is 0 Å². The molecule has 0 radical (unpaired) electrons. The van der Waals surface area contributed by atoms with Gasteiger partial charge in [0, 0.05) is 39.3 Å². The van der Waals surface area contributed by atoms with Gasteiger partial charge in [0.25, 0.3) is 5.91 Å². The SMILES string of the molecule is Cc1nn(-c2ccccc2)c(Cl)c1C(=O)N1CCN(CCCOCC(F)(F)F)CC1. The number of hydrogen-bond acceptors (Lipinski definition) is 4. The van der Waals surface area contributed by atoms with Crippen LogP contribution in [0.15, 0.2) is 30.3 Å². The van der Waals surface area contributed by atoms with Crippen molar-refractivity contribution in [3.8, 4) is 5.69 Å². The minimum atomic E-state index is -4.29. The highest BCUT2D eigenvalue weighted by Crippen LogP contribution is 2.25. The summed E-state index contributed by atoms with van der Waals surface area (Å²) in [5.74, 6) is -0.159. The van der Waals surface area contributed by atoms with Gasteiger partial charge in [-0.25, -0.2) is 4.68 Å². The summed E-state index contributed by atoms with van der Waals surface area (Å²) in [7, 11) is 0. The summed E-state index contributed by atoms with van der Waals surface area (Å²) in [5, 5.41) is 4.70. The van der Waals surface area contributed by atoms with Crippen LogP contribution in [0.5, 0.6) is 0 Å². The van der Waals surface area contributed by atoms with E-state index in [0.29, 0.717) is 50.4 Å². The lowest BCUT2D eigenvalue weighted by Gasteiger charge is -2.34. The third kappa shape index (κ3) is 5.74. The van der Waals surface area contributed by atoms with Crippen LogP contribution in [0.25, 0.3) is 5.69 Å². The number of aromatic nitrogens is 2. The Bertz CT molecular complexity index is 850. The molecule has 0 aliphatic carbocycles.